The van der Waals surface area contributed by atoms with Gasteiger partial charge >= 0.3 is 0 Å². The third-order valence-corrected chi connectivity index (χ3v) is 16.3. The van der Waals surface area contributed by atoms with Gasteiger partial charge in [0.05, 0.1) is 11.5 Å². The fourth-order valence-electron chi connectivity index (χ4n) is 6.00. The van der Waals surface area contributed by atoms with Crippen LogP contribution in [0.5, 0.6) is 0 Å². The van der Waals surface area contributed by atoms with Crippen molar-refractivity contribution in [1.82, 2.24) is 58.1 Å². The number of hydrogen-bond acceptors (Lipinski definition) is 24. The van der Waals surface area contributed by atoms with E-state index in [1.54, 1.807) is 37.7 Å². The SMILES string of the molecule is CCCCNCCN(CCN)CCN.CCCCNCCNCCN.CCCSCC(=O)NCCNCCN.CCCSCC(=O)NCCNCCNCCNCCN.CCCSCCN.CO[SiH2]CCCN.CO[SiH2]CCCNCCN. The lowest BCUT2D eigenvalue weighted by Gasteiger charge is -2.20. The number of nitrogens with one attached hydrogen (secondary N) is 10. The molecule has 26 N–H and O–H groups in total. The number of unbranched alkanes of at least 4 members (excludes halogenated alkanes) is 2. The van der Waals surface area contributed by atoms with Crippen LogP contribution >= 0.6 is 35.3 Å². The van der Waals surface area contributed by atoms with Crippen molar-refractivity contribution in [3.63, 3.8) is 0 Å². The smallest absolute Gasteiger partial charge is 0.230 e. The highest BCUT2D eigenvalue weighted by Crippen LogP contribution is 2.01. The molecule has 0 saturated heterocycles. The van der Waals surface area contributed by atoms with Crippen molar-refractivity contribution in [2.45, 2.75) is 104 Å². The molecule has 0 unspecified atom stereocenters. The number of amides is 2. The Balaban J connectivity index is -0.000000167. The predicted octanol–water partition coefficient (Wildman–Crippen LogP) is -2.07. The molecule has 2 amide bonds. The van der Waals surface area contributed by atoms with E-state index < -0.39 is 0 Å². The van der Waals surface area contributed by atoms with Crippen LogP contribution in [-0.2, 0) is 18.4 Å². The van der Waals surface area contributed by atoms with Crippen molar-refractivity contribution in [1.29, 1.82) is 0 Å². The maximum absolute atomic E-state index is 11.4. The Bertz CT molecular complexity index is 1050. The average molecular weight is 1290 g/mol. The molecule has 0 aliphatic heterocycles. The zero-order chi connectivity index (χ0) is 63.3. The predicted molar refractivity (Wildman–Crippen MR) is 380 cm³/mol. The van der Waals surface area contributed by atoms with Crippen LogP contribution in [0.3, 0.4) is 0 Å². The summed E-state index contributed by atoms with van der Waals surface area (Å²) in [6.45, 7) is 36.4. The highest BCUT2D eigenvalue weighted by atomic mass is 32.2. The summed E-state index contributed by atoms with van der Waals surface area (Å²) in [4.78, 5) is 24.9. The monoisotopic (exact) mass is 1290 g/mol. The number of thioether (sulfide) groups is 3. The van der Waals surface area contributed by atoms with Crippen molar-refractivity contribution >= 4 is 66.6 Å². The zero-order valence-corrected chi connectivity index (χ0v) is 60.1. The van der Waals surface area contributed by atoms with Gasteiger partial charge in [-0.1, -0.05) is 47.5 Å². The van der Waals surface area contributed by atoms with Crippen molar-refractivity contribution < 1.29 is 18.4 Å². The minimum absolute atomic E-state index is 0.123. The van der Waals surface area contributed by atoms with Crippen LogP contribution in [0.4, 0.5) is 0 Å². The molecule has 0 spiro atoms. The van der Waals surface area contributed by atoms with E-state index in [0.29, 0.717) is 37.7 Å². The van der Waals surface area contributed by atoms with Gasteiger partial charge in [0.15, 0.2) is 19.5 Å². The van der Waals surface area contributed by atoms with Gasteiger partial charge in [0.1, 0.15) is 0 Å². The van der Waals surface area contributed by atoms with Crippen LogP contribution < -0.4 is 99.0 Å². The number of nitrogens with zero attached hydrogens (tertiary/aromatic N) is 1. The normalized spacial score (nSPS) is 10.7. The van der Waals surface area contributed by atoms with Gasteiger partial charge in [0.2, 0.25) is 11.8 Å². The van der Waals surface area contributed by atoms with Crippen LogP contribution in [0, 0.1) is 0 Å². The first kappa shape index (κ1) is 96.3. The largest absolute Gasteiger partial charge is 0.427 e. The second-order valence-electron chi connectivity index (χ2n) is 18.7. The number of carbonyl (C=O) groups is 2. The van der Waals surface area contributed by atoms with Gasteiger partial charge in [-0.15, -0.1) is 0 Å². The van der Waals surface area contributed by atoms with E-state index in [0.717, 1.165) is 200 Å². The topological polar surface area (TPSA) is 384 Å². The van der Waals surface area contributed by atoms with Crippen LogP contribution in [0.2, 0.25) is 12.1 Å². The molecular weight excluding hydrogens is 1140 g/mol. The highest BCUT2D eigenvalue weighted by Gasteiger charge is 2.02. The molecule has 0 saturated carbocycles. The molecule has 0 aromatic heterocycles. The molecule has 0 fully saturated rings. The summed E-state index contributed by atoms with van der Waals surface area (Å²) in [5.74, 6) is 5.89. The van der Waals surface area contributed by atoms with E-state index >= 15 is 0 Å². The van der Waals surface area contributed by atoms with Crippen molar-refractivity contribution in [2.75, 3.05) is 239 Å². The number of rotatable bonds is 57. The molecular formula is C55H143N19O4S3Si2. The Kier molecular flexibility index (Phi) is 120. The molecule has 0 aromatic rings. The minimum Gasteiger partial charge on any atom is -0.427 e. The van der Waals surface area contributed by atoms with E-state index in [4.69, 9.17) is 54.7 Å². The lowest BCUT2D eigenvalue weighted by molar-refractivity contribution is -0.119. The van der Waals surface area contributed by atoms with Gasteiger partial charge in [-0.05, 0) is 100 Å². The first-order valence-corrected chi connectivity index (χ1v) is 38.5. The summed E-state index contributed by atoms with van der Waals surface area (Å²) < 4.78 is 9.96. The highest BCUT2D eigenvalue weighted by molar-refractivity contribution is 8.00. The van der Waals surface area contributed by atoms with Crippen LogP contribution in [0.15, 0.2) is 0 Å². The molecule has 0 aromatic carbocycles. The summed E-state index contributed by atoms with van der Waals surface area (Å²) in [7, 11) is 3.20. The van der Waals surface area contributed by atoms with E-state index in [-0.39, 0.29) is 31.3 Å². The van der Waals surface area contributed by atoms with Crippen LogP contribution in [0.25, 0.3) is 0 Å². The lowest BCUT2D eigenvalue weighted by Crippen LogP contribution is -2.38. The summed E-state index contributed by atoms with van der Waals surface area (Å²) in [6, 6.07) is 2.50. The number of hydrogen-bond donors (Lipinski definition) is 18. The second kappa shape index (κ2) is 103. The first-order chi connectivity index (χ1) is 40.6. The molecule has 0 heterocycles. The van der Waals surface area contributed by atoms with Gasteiger partial charge < -0.3 is 108 Å². The summed E-state index contributed by atoms with van der Waals surface area (Å²) >= 11 is 5.29. The van der Waals surface area contributed by atoms with Crippen molar-refractivity contribution in [3.05, 3.63) is 0 Å². The molecule has 28 heteroatoms. The maximum atomic E-state index is 11.4. The third-order valence-electron chi connectivity index (χ3n) is 10.4. The lowest BCUT2D eigenvalue weighted by atomic mass is 10.3. The van der Waals surface area contributed by atoms with Crippen molar-refractivity contribution in [2.24, 2.45) is 45.9 Å². The minimum atomic E-state index is -0.184. The van der Waals surface area contributed by atoms with E-state index in [1.165, 1.54) is 56.4 Å². The first-order valence-electron chi connectivity index (χ1n) is 31.9. The molecule has 0 bridgehead atoms. The average Bonchev–Trinajstić information content (AvgIpc) is 3.49. The number of carbonyl (C=O) groups excluding carboxylic acids is 2. The van der Waals surface area contributed by atoms with E-state index in [9.17, 15) is 9.59 Å². The third kappa shape index (κ3) is 120. The standard InChI is InChI=1S/C13H31N5OS.C10H26N4.C9H21N3OS.C8H21N3.C6H18N2OSi.C5H13NS.C4H13NOSi/c1-2-11-20-12-13(19)18-10-9-17-8-7-16-6-5-15-4-3-14;1-2-3-6-13-7-10-14(8-4-11)9-5-12;1-2-7-14-8-9(13)12-6-5-11-4-3-10;1-2-3-5-10-7-8-11-6-4-9;1-9-10-6-2-4-8-5-3-7;1-2-4-7-5-3-6;1-6-7-4-2-3-5/h15-17H,2-12,14H2,1H3,(H,18,19);13H,2-12H2,1H3;11H,2-8,10H2,1H3,(H,12,13);10-11H,2-9H2,1H3;8H,2-7,10H2,1H3;2-6H2,1H3;2-5,7H2,1H3. The molecule has 508 valence electrons. The second-order valence-corrected chi connectivity index (χ2v) is 25.5. The molecule has 0 rings (SSSR count). The Morgan fingerprint density at radius 2 is 0.687 bits per heavy atom. The Hall–Kier alpha value is -0.336. The van der Waals surface area contributed by atoms with Gasteiger partial charge in [0.25, 0.3) is 0 Å². The van der Waals surface area contributed by atoms with Gasteiger partial charge in [-0.3, -0.25) is 14.5 Å². The summed E-state index contributed by atoms with van der Waals surface area (Å²) in [5, 5.41) is 31.9. The van der Waals surface area contributed by atoms with Crippen molar-refractivity contribution in [3.8, 4) is 0 Å². The maximum Gasteiger partial charge on any atom is 0.230 e. The summed E-state index contributed by atoms with van der Waals surface area (Å²) in [6.07, 6.45) is 10.9. The molecule has 0 aliphatic rings. The van der Waals surface area contributed by atoms with Gasteiger partial charge in [0, 0.05) is 184 Å². The Morgan fingerprint density at radius 1 is 0.349 bits per heavy atom. The molecule has 83 heavy (non-hydrogen) atoms. The fourth-order valence-corrected chi connectivity index (χ4v) is 9.62. The van der Waals surface area contributed by atoms with Gasteiger partial charge in [-0.2, -0.15) is 35.3 Å². The number of nitrogens with two attached hydrogens (primary N) is 8. The van der Waals surface area contributed by atoms with E-state index in [1.807, 2.05) is 11.8 Å². The quantitative estimate of drug-likeness (QED) is 0.0230. The fraction of sp³-hybridized carbons (Fsp3) is 0.964. The molecule has 23 nitrogen and oxygen atoms in total. The van der Waals surface area contributed by atoms with Crippen LogP contribution in [0.1, 0.15) is 92.4 Å². The summed E-state index contributed by atoms with van der Waals surface area (Å²) in [5.41, 5.74) is 42.8. The Morgan fingerprint density at radius 3 is 1.04 bits per heavy atom. The molecule has 0 atom stereocenters. The zero-order valence-electron chi connectivity index (χ0n) is 54.9. The van der Waals surface area contributed by atoms with Crippen LogP contribution in [-0.4, -0.2) is 275 Å². The molecule has 0 radical (unpaired) electrons. The Labute approximate surface area is 529 Å². The molecule has 0 aliphatic carbocycles. The van der Waals surface area contributed by atoms with E-state index in [2.05, 4.69) is 92.7 Å². The van der Waals surface area contributed by atoms with Gasteiger partial charge in [-0.25, -0.2) is 0 Å².